The first-order chi connectivity index (χ1) is 11.7. The zero-order valence-corrected chi connectivity index (χ0v) is 13.3. The van der Waals surface area contributed by atoms with Gasteiger partial charge in [-0.3, -0.25) is 4.79 Å². The van der Waals surface area contributed by atoms with E-state index in [1.165, 1.54) is 0 Å². The number of para-hydroxylation sites is 3. The van der Waals surface area contributed by atoms with Gasteiger partial charge < -0.3 is 14.7 Å². The molecule has 1 amide bonds. The Hall–Kier alpha value is -3.08. The van der Waals surface area contributed by atoms with E-state index in [1.807, 2.05) is 55.5 Å². The molecule has 0 aliphatic heterocycles. The number of nitrogens with one attached hydrogen (secondary N) is 2. The number of aromatic amines is 1. The molecule has 5 heteroatoms. The van der Waals surface area contributed by atoms with E-state index in [2.05, 4.69) is 15.3 Å². The van der Waals surface area contributed by atoms with Crippen LogP contribution < -0.4 is 5.32 Å². The van der Waals surface area contributed by atoms with Crippen LogP contribution in [0.4, 0.5) is 0 Å². The van der Waals surface area contributed by atoms with E-state index in [-0.39, 0.29) is 5.91 Å². The molecule has 0 atom stereocenters. The van der Waals surface area contributed by atoms with Crippen LogP contribution in [-0.4, -0.2) is 22.4 Å². The third-order valence-corrected chi connectivity index (χ3v) is 4.14. The van der Waals surface area contributed by atoms with Crippen molar-refractivity contribution in [1.82, 2.24) is 15.3 Å². The number of aromatic nitrogens is 2. The van der Waals surface area contributed by atoms with Crippen molar-refractivity contribution < 1.29 is 9.21 Å². The lowest BCUT2D eigenvalue weighted by molar-refractivity contribution is 0.0927. The number of fused-ring (bicyclic) bond motifs is 2. The number of furan rings is 1. The molecule has 2 heterocycles. The minimum atomic E-state index is -0.195. The molecule has 2 N–H and O–H groups in total. The second-order valence-corrected chi connectivity index (χ2v) is 5.76. The molecule has 4 rings (SSSR count). The Morgan fingerprint density at radius 1 is 1.17 bits per heavy atom. The fourth-order valence-electron chi connectivity index (χ4n) is 2.89. The first kappa shape index (κ1) is 14.5. The van der Waals surface area contributed by atoms with Crippen LogP contribution >= 0.6 is 0 Å². The predicted octanol–water partition coefficient (Wildman–Crippen LogP) is 3.59. The maximum atomic E-state index is 12.4. The summed E-state index contributed by atoms with van der Waals surface area (Å²) in [5.74, 6) is 1.04. The Balaban J connectivity index is 1.45. The monoisotopic (exact) mass is 319 g/mol. The molecule has 0 aliphatic carbocycles. The van der Waals surface area contributed by atoms with E-state index < -0.39 is 0 Å². The molecule has 0 fully saturated rings. The topological polar surface area (TPSA) is 70.9 Å². The minimum Gasteiger partial charge on any atom is -0.451 e. The van der Waals surface area contributed by atoms with Crippen molar-refractivity contribution in [1.29, 1.82) is 0 Å². The second kappa shape index (κ2) is 5.85. The maximum absolute atomic E-state index is 12.4. The van der Waals surface area contributed by atoms with Gasteiger partial charge >= 0.3 is 0 Å². The van der Waals surface area contributed by atoms with Crippen LogP contribution in [0.25, 0.3) is 22.0 Å². The van der Waals surface area contributed by atoms with Crippen LogP contribution in [0.1, 0.15) is 21.9 Å². The summed E-state index contributed by atoms with van der Waals surface area (Å²) in [5, 5.41) is 3.87. The number of nitrogens with zero attached hydrogens (tertiary/aromatic N) is 1. The fraction of sp³-hybridized carbons (Fsp3) is 0.158. The summed E-state index contributed by atoms with van der Waals surface area (Å²) >= 11 is 0. The zero-order chi connectivity index (χ0) is 16.5. The van der Waals surface area contributed by atoms with Gasteiger partial charge in [-0.25, -0.2) is 4.98 Å². The molecular weight excluding hydrogens is 302 g/mol. The summed E-state index contributed by atoms with van der Waals surface area (Å²) in [7, 11) is 0. The average Bonchev–Trinajstić information content (AvgIpc) is 3.16. The van der Waals surface area contributed by atoms with Crippen molar-refractivity contribution in [3.63, 3.8) is 0 Å². The van der Waals surface area contributed by atoms with Gasteiger partial charge in [0.2, 0.25) is 0 Å². The molecule has 4 aromatic rings. The molecule has 0 spiro atoms. The van der Waals surface area contributed by atoms with Gasteiger partial charge in [0.1, 0.15) is 11.4 Å². The highest BCUT2D eigenvalue weighted by Gasteiger charge is 2.16. The van der Waals surface area contributed by atoms with Crippen molar-refractivity contribution in [2.75, 3.05) is 6.54 Å². The molecule has 0 unspecified atom stereocenters. The standard InChI is InChI=1S/C19H17N3O2/c1-12-13-6-2-5-9-16(13)24-18(12)19(23)20-11-10-17-21-14-7-3-4-8-15(14)22-17/h2-9H,10-11H2,1H3,(H,20,23)(H,21,22). The van der Waals surface area contributed by atoms with E-state index in [1.54, 1.807) is 0 Å². The summed E-state index contributed by atoms with van der Waals surface area (Å²) in [6.07, 6.45) is 0.639. The van der Waals surface area contributed by atoms with E-state index in [0.29, 0.717) is 18.7 Å². The summed E-state index contributed by atoms with van der Waals surface area (Å²) in [4.78, 5) is 20.1. The average molecular weight is 319 g/mol. The van der Waals surface area contributed by atoms with Crippen LogP contribution in [-0.2, 0) is 6.42 Å². The van der Waals surface area contributed by atoms with Gasteiger partial charge in [0.25, 0.3) is 5.91 Å². The highest BCUT2D eigenvalue weighted by atomic mass is 16.3. The van der Waals surface area contributed by atoms with E-state index in [9.17, 15) is 4.79 Å². The molecule has 5 nitrogen and oxygen atoms in total. The smallest absolute Gasteiger partial charge is 0.287 e. The van der Waals surface area contributed by atoms with Crippen molar-refractivity contribution in [3.05, 3.63) is 65.7 Å². The number of carbonyl (C=O) groups excluding carboxylic acids is 1. The number of amides is 1. The Labute approximate surface area is 138 Å². The molecule has 120 valence electrons. The third kappa shape index (κ3) is 2.54. The summed E-state index contributed by atoms with van der Waals surface area (Å²) in [6.45, 7) is 2.40. The first-order valence-electron chi connectivity index (χ1n) is 7.92. The van der Waals surface area contributed by atoms with Gasteiger partial charge in [-0.2, -0.15) is 0 Å². The normalized spacial score (nSPS) is 11.2. The van der Waals surface area contributed by atoms with Gasteiger partial charge in [0.15, 0.2) is 5.76 Å². The van der Waals surface area contributed by atoms with Crippen molar-refractivity contribution >= 4 is 27.9 Å². The second-order valence-electron chi connectivity index (χ2n) is 5.76. The van der Waals surface area contributed by atoms with Gasteiger partial charge in [0, 0.05) is 23.9 Å². The SMILES string of the molecule is Cc1c(C(=O)NCCc2nc3ccccc3[nH]2)oc2ccccc12. The number of aryl methyl sites for hydroxylation is 1. The fourth-order valence-corrected chi connectivity index (χ4v) is 2.89. The Morgan fingerprint density at radius 3 is 2.79 bits per heavy atom. The van der Waals surface area contributed by atoms with Crippen LogP contribution in [0.5, 0.6) is 0 Å². The molecule has 0 aliphatic rings. The van der Waals surface area contributed by atoms with Crippen LogP contribution in [0.3, 0.4) is 0 Å². The molecule has 0 saturated carbocycles. The largest absolute Gasteiger partial charge is 0.451 e. The van der Waals surface area contributed by atoms with Crippen LogP contribution in [0.15, 0.2) is 52.9 Å². The summed E-state index contributed by atoms with van der Waals surface area (Å²) in [6, 6.07) is 15.5. The highest BCUT2D eigenvalue weighted by molar-refractivity contribution is 5.98. The number of benzene rings is 2. The number of hydrogen-bond acceptors (Lipinski definition) is 3. The number of carbonyl (C=O) groups is 1. The lowest BCUT2D eigenvalue weighted by atomic mass is 10.1. The van der Waals surface area contributed by atoms with Gasteiger partial charge in [-0.05, 0) is 25.1 Å². The van der Waals surface area contributed by atoms with Crippen LogP contribution in [0, 0.1) is 6.92 Å². The minimum absolute atomic E-state index is 0.195. The van der Waals surface area contributed by atoms with Crippen molar-refractivity contribution in [3.8, 4) is 0 Å². The third-order valence-electron chi connectivity index (χ3n) is 4.14. The molecule has 2 aromatic carbocycles. The molecule has 0 radical (unpaired) electrons. The number of imidazole rings is 1. The Kier molecular flexibility index (Phi) is 3.54. The van der Waals surface area contributed by atoms with Gasteiger partial charge in [0.05, 0.1) is 11.0 Å². The Bertz CT molecular complexity index is 996. The van der Waals surface area contributed by atoms with Crippen molar-refractivity contribution in [2.24, 2.45) is 0 Å². The first-order valence-corrected chi connectivity index (χ1v) is 7.92. The van der Waals surface area contributed by atoms with Gasteiger partial charge in [-0.15, -0.1) is 0 Å². The molecular formula is C19H17N3O2. The summed E-state index contributed by atoms with van der Waals surface area (Å²) in [5.41, 5.74) is 3.54. The Morgan fingerprint density at radius 2 is 1.96 bits per heavy atom. The molecule has 0 bridgehead atoms. The quantitative estimate of drug-likeness (QED) is 0.604. The van der Waals surface area contributed by atoms with E-state index in [4.69, 9.17) is 4.42 Å². The van der Waals surface area contributed by atoms with Gasteiger partial charge in [-0.1, -0.05) is 30.3 Å². The molecule has 24 heavy (non-hydrogen) atoms. The maximum Gasteiger partial charge on any atom is 0.287 e. The number of hydrogen-bond donors (Lipinski definition) is 2. The van der Waals surface area contributed by atoms with E-state index >= 15 is 0 Å². The number of H-pyrrole nitrogens is 1. The molecule has 2 aromatic heterocycles. The van der Waals surface area contributed by atoms with E-state index in [0.717, 1.165) is 33.4 Å². The molecule has 0 saturated heterocycles. The highest BCUT2D eigenvalue weighted by Crippen LogP contribution is 2.24. The predicted molar refractivity (Wildman–Crippen MR) is 93.1 cm³/mol. The summed E-state index contributed by atoms with van der Waals surface area (Å²) < 4.78 is 5.68. The lowest BCUT2D eigenvalue weighted by Gasteiger charge is -2.02. The number of rotatable bonds is 4. The van der Waals surface area contributed by atoms with Crippen molar-refractivity contribution in [2.45, 2.75) is 13.3 Å². The zero-order valence-electron chi connectivity index (χ0n) is 13.3. The lowest BCUT2D eigenvalue weighted by Crippen LogP contribution is -2.26. The van der Waals surface area contributed by atoms with Crippen LogP contribution in [0.2, 0.25) is 0 Å².